The average molecular weight is 505 g/mol. The zero-order valence-electron chi connectivity index (χ0n) is 23.8. The molecule has 3 heteroatoms. The van der Waals surface area contributed by atoms with Gasteiger partial charge in [0.1, 0.15) is 11.7 Å². The largest absolute Gasteiger partial charge is 0.459 e. The number of ether oxygens (including phenoxy) is 2. The van der Waals surface area contributed by atoms with E-state index in [4.69, 9.17) is 9.47 Å². The third kappa shape index (κ3) is 3.97. The second kappa shape index (κ2) is 9.25. The van der Waals surface area contributed by atoms with Crippen LogP contribution in [0.4, 0.5) is 0 Å². The van der Waals surface area contributed by atoms with Crippen molar-refractivity contribution >= 4 is 5.97 Å². The van der Waals surface area contributed by atoms with Crippen LogP contribution < -0.4 is 0 Å². The van der Waals surface area contributed by atoms with E-state index in [0.717, 1.165) is 43.4 Å². The van der Waals surface area contributed by atoms with Crippen LogP contribution in [0.1, 0.15) is 109 Å². The highest BCUT2D eigenvalue weighted by molar-refractivity contribution is 5.89. The number of epoxide rings is 1. The zero-order valence-corrected chi connectivity index (χ0v) is 23.8. The van der Waals surface area contributed by atoms with E-state index in [2.05, 4.69) is 40.7 Å². The number of rotatable bonds is 7. The summed E-state index contributed by atoms with van der Waals surface area (Å²) in [4.78, 5) is 12.7. The van der Waals surface area contributed by atoms with Gasteiger partial charge in [-0.3, -0.25) is 0 Å². The molecule has 0 radical (unpaired) electrons. The average Bonchev–Trinajstić information content (AvgIpc) is 3.54. The van der Waals surface area contributed by atoms with Crippen LogP contribution in [0.5, 0.6) is 0 Å². The van der Waals surface area contributed by atoms with Crippen LogP contribution in [0.2, 0.25) is 0 Å². The number of hydrogen-bond acceptors (Lipinski definition) is 3. The number of carbonyl (C=O) groups is 1. The molecule has 202 valence electrons. The molecule has 1 spiro atoms. The summed E-state index contributed by atoms with van der Waals surface area (Å²) in [6.45, 7) is 12.4. The fourth-order valence-corrected chi connectivity index (χ4v) is 9.75. The molecule has 1 saturated heterocycles. The first kappa shape index (κ1) is 25.7. The molecule has 1 aliphatic heterocycles. The van der Waals surface area contributed by atoms with Gasteiger partial charge in [-0.2, -0.15) is 0 Å². The summed E-state index contributed by atoms with van der Waals surface area (Å²) in [5, 5.41) is 0. The molecule has 1 aromatic rings. The lowest BCUT2D eigenvalue weighted by Gasteiger charge is -2.58. The van der Waals surface area contributed by atoms with Gasteiger partial charge in [0.05, 0.1) is 11.7 Å². The van der Waals surface area contributed by atoms with Gasteiger partial charge < -0.3 is 9.47 Å². The van der Waals surface area contributed by atoms with E-state index in [1.165, 1.54) is 38.5 Å². The van der Waals surface area contributed by atoms with Crippen LogP contribution in [-0.2, 0) is 9.47 Å². The molecule has 3 saturated carbocycles. The molecular formula is C34H48O3. The molecule has 1 aromatic carbocycles. The monoisotopic (exact) mass is 504 g/mol. The summed E-state index contributed by atoms with van der Waals surface area (Å²) in [6.07, 6.45) is 15.3. The topological polar surface area (TPSA) is 38.8 Å². The van der Waals surface area contributed by atoms with Crippen molar-refractivity contribution in [2.75, 3.05) is 0 Å². The quantitative estimate of drug-likeness (QED) is 0.213. The Bertz CT molecular complexity index is 1040. The maximum absolute atomic E-state index is 12.7. The molecule has 3 nitrogen and oxygen atoms in total. The highest BCUT2D eigenvalue weighted by Crippen LogP contribution is 2.76. The van der Waals surface area contributed by atoms with E-state index >= 15 is 0 Å². The van der Waals surface area contributed by atoms with Crippen molar-refractivity contribution in [2.24, 2.45) is 40.4 Å². The van der Waals surface area contributed by atoms with Gasteiger partial charge in [0, 0.05) is 5.41 Å². The molecule has 0 N–H and O–H groups in total. The zero-order chi connectivity index (χ0) is 26.0. The molecule has 6 rings (SSSR count). The number of allylic oxidation sites excluding steroid dienone is 1. The Balaban J connectivity index is 1.17. The summed E-state index contributed by atoms with van der Waals surface area (Å²) in [6, 6.07) is 9.47. The lowest BCUT2D eigenvalue weighted by Crippen LogP contribution is -2.54. The lowest BCUT2D eigenvalue weighted by atomic mass is 9.47. The summed E-state index contributed by atoms with van der Waals surface area (Å²) >= 11 is 0. The molecule has 0 aromatic heterocycles. The fourth-order valence-electron chi connectivity index (χ4n) is 9.75. The van der Waals surface area contributed by atoms with E-state index < -0.39 is 0 Å². The molecule has 0 amide bonds. The molecule has 5 aliphatic rings. The molecule has 0 unspecified atom stereocenters. The Kier molecular flexibility index (Phi) is 6.41. The minimum atomic E-state index is -0.165. The van der Waals surface area contributed by atoms with Crippen molar-refractivity contribution in [3.05, 3.63) is 47.5 Å². The summed E-state index contributed by atoms with van der Waals surface area (Å²) in [5.41, 5.74) is 2.97. The van der Waals surface area contributed by atoms with Crippen LogP contribution in [-0.4, -0.2) is 23.8 Å². The molecule has 4 aliphatic carbocycles. The van der Waals surface area contributed by atoms with Crippen LogP contribution >= 0.6 is 0 Å². The highest BCUT2D eigenvalue weighted by Gasteiger charge is 2.79. The predicted molar refractivity (Wildman–Crippen MR) is 148 cm³/mol. The molecule has 0 bridgehead atoms. The Labute approximate surface area is 224 Å². The first-order valence-electron chi connectivity index (χ1n) is 15.3. The normalized spacial score (nSPS) is 42.6. The number of carbonyl (C=O) groups excluding carboxylic acids is 1. The standard InChI is InChI=1S/C34H48O3/c1-22(2)10-9-11-23(3)29-21-30-34(37-30)28-15-14-25-20-26(36-31(35)24-12-7-6-8-13-24)16-18-32(25,4)27(28)17-19-33(29,34)5/h6-8,12-13,15,22-23,25-27,29-30H,9-11,14,16-21H2,1-5H3/t23-,25+,26+,27-,29-,30-,32-,33+,34+/m0/s1. The van der Waals surface area contributed by atoms with E-state index in [1.807, 2.05) is 30.3 Å². The van der Waals surface area contributed by atoms with Crippen LogP contribution in [0.25, 0.3) is 0 Å². The van der Waals surface area contributed by atoms with Gasteiger partial charge >= 0.3 is 5.97 Å². The van der Waals surface area contributed by atoms with Crippen molar-refractivity contribution in [1.29, 1.82) is 0 Å². The van der Waals surface area contributed by atoms with Crippen LogP contribution in [0.3, 0.4) is 0 Å². The van der Waals surface area contributed by atoms with E-state index in [1.54, 1.807) is 5.57 Å². The second-order valence-corrected chi connectivity index (χ2v) is 14.3. The summed E-state index contributed by atoms with van der Waals surface area (Å²) in [7, 11) is 0. The van der Waals surface area contributed by atoms with Crippen LogP contribution in [0, 0.1) is 40.4 Å². The van der Waals surface area contributed by atoms with E-state index in [9.17, 15) is 4.79 Å². The molecule has 1 heterocycles. The third-order valence-corrected chi connectivity index (χ3v) is 11.9. The third-order valence-electron chi connectivity index (χ3n) is 11.9. The predicted octanol–water partition coefficient (Wildman–Crippen LogP) is 8.38. The number of esters is 1. The van der Waals surface area contributed by atoms with E-state index in [0.29, 0.717) is 34.3 Å². The maximum atomic E-state index is 12.7. The first-order chi connectivity index (χ1) is 17.7. The van der Waals surface area contributed by atoms with Gasteiger partial charge in [0.15, 0.2) is 0 Å². The lowest BCUT2D eigenvalue weighted by molar-refractivity contribution is -0.0665. The van der Waals surface area contributed by atoms with Crippen molar-refractivity contribution in [3.63, 3.8) is 0 Å². The number of benzene rings is 1. The van der Waals surface area contributed by atoms with Crippen molar-refractivity contribution in [2.45, 2.75) is 117 Å². The highest BCUT2D eigenvalue weighted by atomic mass is 16.6. The summed E-state index contributed by atoms with van der Waals surface area (Å²) < 4.78 is 12.8. The fraction of sp³-hybridized carbons (Fsp3) is 0.735. The van der Waals surface area contributed by atoms with Crippen LogP contribution in [0.15, 0.2) is 42.0 Å². The second-order valence-electron chi connectivity index (χ2n) is 14.3. The van der Waals surface area contributed by atoms with Gasteiger partial charge in [-0.25, -0.2) is 4.79 Å². The van der Waals surface area contributed by atoms with Crippen molar-refractivity contribution in [1.82, 2.24) is 0 Å². The minimum Gasteiger partial charge on any atom is -0.459 e. The summed E-state index contributed by atoms with van der Waals surface area (Å²) in [5.74, 6) is 3.44. The van der Waals surface area contributed by atoms with Gasteiger partial charge in [-0.15, -0.1) is 0 Å². The van der Waals surface area contributed by atoms with Crippen molar-refractivity contribution in [3.8, 4) is 0 Å². The maximum Gasteiger partial charge on any atom is 0.338 e. The van der Waals surface area contributed by atoms with E-state index in [-0.39, 0.29) is 17.7 Å². The molecule has 9 atom stereocenters. The molecule has 37 heavy (non-hydrogen) atoms. The van der Waals surface area contributed by atoms with Gasteiger partial charge in [-0.1, -0.05) is 78.2 Å². The SMILES string of the molecule is CC(C)CCC[C@H](C)[C@@H]1C[C@@H]2O[C@]23C2=CC[C@@H]4C[C@H](OC(=O)c5ccccc5)CC[C@]4(C)[C@H]2CC[C@]13C. The van der Waals surface area contributed by atoms with Gasteiger partial charge in [0.25, 0.3) is 0 Å². The smallest absolute Gasteiger partial charge is 0.338 e. The molecule has 4 fully saturated rings. The first-order valence-corrected chi connectivity index (χ1v) is 15.3. The molecular weight excluding hydrogens is 456 g/mol. The Morgan fingerprint density at radius 1 is 1.05 bits per heavy atom. The Hall–Kier alpha value is -1.61. The number of hydrogen-bond donors (Lipinski definition) is 0. The van der Waals surface area contributed by atoms with Crippen molar-refractivity contribution < 1.29 is 14.3 Å². The Morgan fingerprint density at radius 2 is 1.84 bits per heavy atom. The number of fused-ring (bicyclic) bond motifs is 3. The van der Waals surface area contributed by atoms with Gasteiger partial charge in [0.2, 0.25) is 0 Å². The van der Waals surface area contributed by atoms with Gasteiger partial charge in [-0.05, 0) is 97.7 Å². The minimum absolute atomic E-state index is 0.0253. The Morgan fingerprint density at radius 3 is 2.59 bits per heavy atom.